The van der Waals surface area contributed by atoms with Crippen LogP contribution >= 0.6 is 0 Å². The number of amides is 1. The molecule has 0 radical (unpaired) electrons. The van der Waals surface area contributed by atoms with Gasteiger partial charge < -0.3 is 14.6 Å². The van der Waals surface area contributed by atoms with E-state index in [4.69, 9.17) is 10.1 Å². The van der Waals surface area contributed by atoms with E-state index in [1.165, 1.54) is 10.5 Å². The molecule has 9 heteroatoms. The quantitative estimate of drug-likeness (QED) is 0.341. The Labute approximate surface area is 183 Å². The fraction of sp³-hybridized carbons (Fsp3) is 0.261. The Hall–Kier alpha value is -3.85. The molecular formula is C23H24N6O3. The van der Waals surface area contributed by atoms with Gasteiger partial charge in [-0.05, 0) is 42.7 Å². The first kappa shape index (κ1) is 21.4. The summed E-state index contributed by atoms with van der Waals surface area (Å²) in [6.07, 6.45) is 5.65. The summed E-state index contributed by atoms with van der Waals surface area (Å²) in [5.74, 6) is -0.435. The Morgan fingerprint density at radius 1 is 1.28 bits per heavy atom. The second-order valence-corrected chi connectivity index (χ2v) is 7.54. The van der Waals surface area contributed by atoms with E-state index in [9.17, 15) is 9.59 Å². The zero-order chi connectivity index (χ0) is 22.7. The summed E-state index contributed by atoms with van der Waals surface area (Å²) in [6, 6.07) is 8.76. The molecule has 0 bridgehead atoms. The van der Waals surface area contributed by atoms with Crippen molar-refractivity contribution in [2.45, 2.75) is 26.4 Å². The van der Waals surface area contributed by atoms with Crippen molar-refractivity contribution in [3.63, 3.8) is 0 Å². The van der Waals surface area contributed by atoms with E-state index >= 15 is 0 Å². The largest absolute Gasteiger partial charge is 0.385 e. The maximum Gasteiger partial charge on any atom is 0.267 e. The molecule has 0 aliphatic carbocycles. The predicted molar refractivity (Wildman–Crippen MR) is 119 cm³/mol. The van der Waals surface area contributed by atoms with Crippen LogP contribution in [0.5, 0.6) is 0 Å². The van der Waals surface area contributed by atoms with Crippen LogP contribution in [0.2, 0.25) is 0 Å². The molecule has 4 rings (SSSR count). The minimum Gasteiger partial charge on any atom is -0.385 e. The van der Waals surface area contributed by atoms with E-state index in [1.807, 2.05) is 19.1 Å². The maximum absolute atomic E-state index is 13.3. The molecular weight excluding hydrogens is 408 g/mol. The molecule has 1 amide bonds. The van der Waals surface area contributed by atoms with Crippen LogP contribution < -0.4 is 16.4 Å². The number of hydrogen-bond donors (Lipinski definition) is 2. The molecule has 9 nitrogen and oxygen atoms in total. The summed E-state index contributed by atoms with van der Waals surface area (Å²) in [4.78, 5) is 34.9. The number of carbonyl (C=O) groups excluding carboxylic acids is 1. The van der Waals surface area contributed by atoms with Gasteiger partial charge in [0.1, 0.15) is 16.8 Å². The van der Waals surface area contributed by atoms with Gasteiger partial charge in [0.2, 0.25) is 0 Å². The van der Waals surface area contributed by atoms with Crippen molar-refractivity contribution in [1.82, 2.24) is 24.3 Å². The lowest BCUT2D eigenvalue weighted by atomic mass is 10.1. The van der Waals surface area contributed by atoms with E-state index < -0.39 is 5.91 Å². The molecule has 0 unspecified atom stereocenters. The maximum atomic E-state index is 13.3. The Bertz CT molecular complexity index is 1410. The third-order valence-corrected chi connectivity index (χ3v) is 5.21. The van der Waals surface area contributed by atoms with Gasteiger partial charge in [0.25, 0.3) is 11.5 Å². The monoisotopic (exact) mass is 432 g/mol. The van der Waals surface area contributed by atoms with Crippen molar-refractivity contribution in [2.75, 3.05) is 13.7 Å². The highest BCUT2D eigenvalue weighted by Crippen LogP contribution is 2.12. The van der Waals surface area contributed by atoms with Crippen LogP contribution in [0.1, 0.15) is 27.9 Å². The number of ether oxygens (including phenoxy) is 1. The zero-order valence-corrected chi connectivity index (χ0v) is 18.0. The summed E-state index contributed by atoms with van der Waals surface area (Å²) < 4.78 is 8.22. The summed E-state index contributed by atoms with van der Waals surface area (Å²) in [5.41, 5.74) is 2.46. The molecule has 2 N–H and O–H groups in total. The Kier molecular flexibility index (Phi) is 6.09. The van der Waals surface area contributed by atoms with Crippen LogP contribution in [0.25, 0.3) is 16.7 Å². The fourth-order valence-corrected chi connectivity index (χ4v) is 3.58. The first-order valence-corrected chi connectivity index (χ1v) is 10.3. The summed E-state index contributed by atoms with van der Waals surface area (Å²) in [6.45, 7) is 3.03. The average molecular weight is 432 g/mol. The van der Waals surface area contributed by atoms with Gasteiger partial charge in [-0.1, -0.05) is 12.1 Å². The smallest absolute Gasteiger partial charge is 0.267 e. The predicted octanol–water partition coefficient (Wildman–Crippen LogP) is 1.80. The minimum atomic E-state index is -0.435. The molecule has 4 aromatic rings. The van der Waals surface area contributed by atoms with Crippen LogP contribution in [0.15, 0.2) is 53.7 Å². The molecule has 0 atom stereocenters. The van der Waals surface area contributed by atoms with Crippen molar-refractivity contribution in [2.24, 2.45) is 0 Å². The lowest BCUT2D eigenvalue weighted by Crippen LogP contribution is -2.35. The third kappa shape index (κ3) is 4.15. The van der Waals surface area contributed by atoms with Crippen LogP contribution in [0.4, 0.5) is 0 Å². The number of pyridine rings is 3. The molecule has 0 aliphatic heterocycles. The summed E-state index contributed by atoms with van der Waals surface area (Å²) >= 11 is 0. The number of hydrogen-bond acceptors (Lipinski definition) is 6. The van der Waals surface area contributed by atoms with Gasteiger partial charge >= 0.3 is 0 Å². The Morgan fingerprint density at radius 2 is 2.12 bits per heavy atom. The highest BCUT2D eigenvalue weighted by molar-refractivity contribution is 5.96. The second kappa shape index (κ2) is 9.11. The number of carbonyl (C=O) groups is 1. The van der Waals surface area contributed by atoms with Gasteiger partial charge in [-0.15, -0.1) is 0 Å². The number of fused-ring (bicyclic) bond motifs is 2. The van der Waals surface area contributed by atoms with E-state index in [-0.39, 0.29) is 28.5 Å². The normalized spacial score (nSPS) is 11.2. The van der Waals surface area contributed by atoms with Crippen LogP contribution in [-0.2, 0) is 17.8 Å². The van der Waals surface area contributed by atoms with Gasteiger partial charge in [-0.25, -0.2) is 4.98 Å². The van der Waals surface area contributed by atoms with Crippen molar-refractivity contribution < 1.29 is 9.53 Å². The number of methoxy groups -OCH3 is 1. The summed E-state index contributed by atoms with van der Waals surface area (Å²) in [5, 5.41) is 11.8. The molecule has 0 spiro atoms. The Morgan fingerprint density at radius 3 is 2.88 bits per heavy atom. The SMILES string of the molecule is COCCCn1c(=N)c(C(=O)NCc2cccnc2)cc2c(=O)n3cc(C)ccc3nc21. The second-order valence-electron chi connectivity index (χ2n) is 7.54. The van der Waals surface area contributed by atoms with Crippen LogP contribution in [0, 0.1) is 12.3 Å². The van der Waals surface area contributed by atoms with E-state index in [0.29, 0.717) is 30.9 Å². The standard InChI is InChI=1S/C23H24N6O3/c1-15-6-7-19-27-21-18(23(31)29(19)14-15)11-17(20(24)28(21)9-4-10-32-2)22(30)26-13-16-5-3-8-25-12-16/h3,5-8,11-12,14,24H,4,9-10,13H2,1-2H3,(H,26,30). The van der Waals surface area contributed by atoms with Crippen molar-refractivity contribution in [3.8, 4) is 0 Å². The van der Waals surface area contributed by atoms with Crippen molar-refractivity contribution in [3.05, 3.63) is 81.5 Å². The van der Waals surface area contributed by atoms with Crippen molar-refractivity contribution >= 4 is 22.6 Å². The number of nitrogens with zero attached hydrogens (tertiary/aromatic N) is 4. The zero-order valence-electron chi connectivity index (χ0n) is 18.0. The molecule has 164 valence electrons. The van der Waals surface area contributed by atoms with E-state index in [2.05, 4.69) is 15.3 Å². The lowest BCUT2D eigenvalue weighted by molar-refractivity contribution is 0.0948. The molecule has 0 aromatic carbocycles. The molecule has 0 aliphatic rings. The molecule has 4 heterocycles. The first-order valence-electron chi connectivity index (χ1n) is 10.3. The number of aromatic nitrogens is 4. The topological polar surface area (TPSA) is 114 Å². The van der Waals surface area contributed by atoms with E-state index in [0.717, 1.165) is 11.1 Å². The van der Waals surface area contributed by atoms with Gasteiger partial charge in [-0.2, -0.15) is 0 Å². The van der Waals surface area contributed by atoms with E-state index in [1.54, 1.807) is 42.4 Å². The lowest BCUT2D eigenvalue weighted by Gasteiger charge is -2.15. The highest BCUT2D eigenvalue weighted by Gasteiger charge is 2.17. The van der Waals surface area contributed by atoms with Gasteiger partial charge in [-0.3, -0.25) is 24.4 Å². The summed E-state index contributed by atoms with van der Waals surface area (Å²) in [7, 11) is 1.60. The van der Waals surface area contributed by atoms with Crippen LogP contribution in [0.3, 0.4) is 0 Å². The van der Waals surface area contributed by atoms with Crippen LogP contribution in [-0.4, -0.2) is 38.6 Å². The molecule has 32 heavy (non-hydrogen) atoms. The molecule has 0 saturated carbocycles. The fourth-order valence-electron chi connectivity index (χ4n) is 3.58. The highest BCUT2D eigenvalue weighted by atomic mass is 16.5. The number of nitrogens with one attached hydrogen (secondary N) is 2. The molecule has 0 fully saturated rings. The number of rotatable bonds is 7. The first-order chi connectivity index (χ1) is 15.5. The molecule has 4 aromatic heterocycles. The Balaban J connectivity index is 1.85. The number of aryl methyl sites for hydroxylation is 2. The minimum absolute atomic E-state index is 0.000603. The third-order valence-electron chi connectivity index (χ3n) is 5.21. The van der Waals surface area contributed by atoms with Gasteiger partial charge in [0.15, 0.2) is 0 Å². The van der Waals surface area contributed by atoms with Crippen molar-refractivity contribution in [1.29, 1.82) is 5.41 Å². The van der Waals surface area contributed by atoms with Gasteiger partial charge in [0, 0.05) is 45.4 Å². The average Bonchev–Trinajstić information content (AvgIpc) is 2.80. The molecule has 0 saturated heterocycles. The van der Waals surface area contributed by atoms with Gasteiger partial charge in [0.05, 0.1) is 10.9 Å².